The lowest BCUT2D eigenvalue weighted by Gasteiger charge is -2.57. The number of piperidine rings is 1. The number of fused-ring (bicyclic) bond motifs is 4. The lowest BCUT2D eigenvalue weighted by Crippen LogP contribution is -2.72. The fraction of sp³-hybridized carbons (Fsp3) is 0.714. The predicted molar refractivity (Wildman–Crippen MR) is 138 cm³/mol. The molecule has 6 aliphatic rings. The molecular formula is C28H36FN5O6. The molecule has 4 heterocycles. The maximum Gasteiger partial charge on any atom is 0.332 e. The molecule has 4 unspecified atom stereocenters. The maximum absolute atomic E-state index is 13.7. The van der Waals surface area contributed by atoms with E-state index in [1.165, 1.54) is 14.1 Å². The van der Waals surface area contributed by atoms with Crippen molar-refractivity contribution in [3.05, 3.63) is 11.6 Å². The average Bonchev–Trinajstić information content (AvgIpc) is 3.44. The number of barbiturate groups is 2. The molecule has 6 rings (SSSR count). The van der Waals surface area contributed by atoms with Crippen LogP contribution in [0.4, 0.5) is 14.0 Å². The van der Waals surface area contributed by atoms with Gasteiger partial charge in [-0.3, -0.25) is 44.1 Å². The summed E-state index contributed by atoms with van der Waals surface area (Å²) in [6.45, 7) is 0.778. The number of urea groups is 2. The van der Waals surface area contributed by atoms with E-state index < -0.39 is 53.3 Å². The van der Waals surface area contributed by atoms with Gasteiger partial charge in [-0.2, -0.15) is 0 Å². The highest BCUT2D eigenvalue weighted by molar-refractivity contribution is 6.29. The summed E-state index contributed by atoms with van der Waals surface area (Å²) in [6, 6.07) is -1.92. The smallest absolute Gasteiger partial charge is 0.296 e. The summed E-state index contributed by atoms with van der Waals surface area (Å²) in [5.74, 6) is -2.48. The summed E-state index contributed by atoms with van der Waals surface area (Å²) in [5.41, 5.74) is -1.41. The quantitative estimate of drug-likeness (QED) is 0.312. The van der Waals surface area contributed by atoms with Crippen molar-refractivity contribution < 1.29 is 33.2 Å². The van der Waals surface area contributed by atoms with E-state index in [0.29, 0.717) is 32.1 Å². The van der Waals surface area contributed by atoms with Crippen molar-refractivity contribution in [2.75, 3.05) is 20.6 Å². The monoisotopic (exact) mass is 557 g/mol. The molecular weight excluding hydrogens is 521 g/mol. The molecule has 216 valence electrons. The molecule has 11 nitrogen and oxygen atoms in total. The lowest BCUT2D eigenvalue weighted by molar-refractivity contribution is -0.172. The van der Waals surface area contributed by atoms with Gasteiger partial charge < -0.3 is 0 Å². The number of nitrogens with one attached hydrogen (secondary N) is 1. The molecule has 4 saturated heterocycles. The Hall–Kier alpha value is -3.15. The number of carbonyl (C=O) groups is 6. The Bertz CT molecular complexity index is 1190. The number of rotatable bonds is 2. The number of allylic oxidation sites excluding steroid dienone is 1. The number of carbonyl (C=O) groups excluding carboxylic acids is 6. The molecule has 2 aliphatic carbocycles. The highest BCUT2D eigenvalue weighted by atomic mass is 19.1. The first kappa shape index (κ1) is 27.0. The number of amides is 8. The summed E-state index contributed by atoms with van der Waals surface area (Å²) >= 11 is 0. The van der Waals surface area contributed by atoms with Crippen LogP contribution >= 0.6 is 0 Å². The van der Waals surface area contributed by atoms with Crippen molar-refractivity contribution >= 4 is 35.7 Å². The SMILES string of the molecule is CN1C(=O)N(C)C(=O)C2(CC3CC(/C=C4\C(=O)NC(=O)N(C5CCC(F)CC5)C4=O)CCC3N3CCCC32)C1=O. The van der Waals surface area contributed by atoms with E-state index in [-0.39, 0.29) is 42.3 Å². The molecule has 0 aromatic carbocycles. The first-order valence-corrected chi connectivity index (χ1v) is 14.4. The first-order chi connectivity index (χ1) is 19.0. The molecule has 0 radical (unpaired) electrons. The van der Waals surface area contributed by atoms with E-state index in [2.05, 4.69) is 10.2 Å². The van der Waals surface area contributed by atoms with E-state index in [1.807, 2.05) is 0 Å². The van der Waals surface area contributed by atoms with E-state index in [0.717, 1.165) is 40.5 Å². The fourth-order valence-electron chi connectivity index (χ4n) is 8.46. The molecule has 6 fully saturated rings. The molecule has 40 heavy (non-hydrogen) atoms. The van der Waals surface area contributed by atoms with Gasteiger partial charge in [0.1, 0.15) is 17.2 Å². The van der Waals surface area contributed by atoms with Crippen molar-refractivity contribution in [2.24, 2.45) is 17.3 Å². The topological polar surface area (TPSA) is 127 Å². The number of halogens is 1. The third-order valence-corrected chi connectivity index (χ3v) is 10.3. The minimum Gasteiger partial charge on any atom is -0.296 e. The van der Waals surface area contributed by atoms with Crippen LogP contribution in [0.2, 0.25) is 0 Å². The molecule has 0 aromatic rings. The minimum atomic E-state index is -1.33. The molecule has 1 spiro atoms. The van der Waals surface area contributed by atoms with E-state index in [4.69, 9.17) is 0 Å². The number of imide groups is 4. The van der Waals surface area contributed by atoms with E-state index in [1.54, 1.807) is 6.08 Å². The summed E-state index contributed by atoms with van der Waals surface area (Å²) in [5, 5.41) is 2.29. The van der Waals surface area contributed by atoms with Crippen LogP contribution in [-0.2, 0) is 19.2 Å². The minimum absolute atomic E-state index is 0.0489. The number of alkyl halides is 1. The molecule has 0 aromatic heterocycles. The molecule has 0 bridgehead atoms. The van der Waals surface area contributed by atoms with Gasteiger partial charge in [0.25, 0.3) is 11.8 Å². The van der Waals surface area contributed by atoms with Crippen LogP contribution < -0.4 is 5.32 Å². The Balaban J connectivity index is 1.26. The van der Waals surface area contributed by atoms with Crippen molar-refractivity contribution in [2.45, 2.75) is 88.5 Å². The number of hydrogen-bond acceptors (Lipinski definition) is 7. The van der Waals surface area contributed by atoms with Crippen LogP contribution in [0.25, 0.3) is 0 Å². The van der Waals surface area contributed by atoms with Gasteiger partial charge >= 0.3 is 12.1 Å². The van der Waals surface area contributed by atoms with Crippen molar-refractivity contribution in [3.63, 3.8) is 0 Å². The van der Waals surface area contributed by atoms with Gasteiger partial charge in [-0.05, 0) is 82.6 Å². The molecule has 4 atom stereocenters. The average molecular weight is 558 g/mol. The van der Waals surface area contributed by atoms with Gasteiger partial charge in [-0.15, -0.1) is 0 Å². The largest absolute Gasteiger partial charge is 0.332 e. The Morgan fingerprint density at radius 1 is 0.900 bits per heavy atom. The van der Waals surface area contributed by atoms with Crippen LogP contribution in [0.3, 0.4) is 0 Å². The van der Waals surface area contributed by atoms with Gasteiger partial charge in [-0.1, -0.05) is 6.08 Å². The summed E-state index contributed by atoms with van der Waals surface area (Å²) in [6.07, 6.45) is 5.96. The summed E-state index contributed by atoms with van der Waals surface area (Å²) in [4.78, 5) is 84.2. The lowest BCUT2D eigenvalue weighted by atomic mass is 9.60. The van der Waals surface area contributed by atoms with Gasteiger partial charge in [0.2, 0.25) is 11.8 Å². The van der Waals surface area contributed by atoms with Gasteiger partial charge in [0.15, 0.2) is 0 Å². The normalized spacial score (nSPS) is 37.8. The Kier molecular flexibility index (Phi) is 6.59. The first-order valence-electron chi connectivity index (χ1n) is 14.4. The number of nitrogens with zero attached hydrogens (tertiary/aromatic N) is 4. The molecule has 8 amide bonds. The number of hydrogen-bond donors (Lipinski definition) is 1. The second-order valence-corrected chi connectivity index (χ2v) is 12.4. The van der Waals surface area contributed by atoms with E-state index >= 15 is 0 Å². The van der Waals surface area contributed by atoms with Crippen molar-refractivity contribution in [1.29, 1.82) is 0 Å². The molecule has 4 aliphatic heterocycles. The summed E-state index contributed by atoms with van der Waals surface area (Å²) < 4.78 is 13.7. The zero-order valence-corrected chi connectivity index (χ0v) is 22.9. The van der Waals surface area contributed by atoms with Gasteiger partial charge in [0.05, 0.1) is 0 Å². The third-order valence-electron chi connectivity index (χ3n) is 10.3. The van der Waals surface area contributed by atoms with Crippen LogP contribution in [0.1, 0.15) is 64.2 Å². The Labute approximate surface area is 232 Å². The van der Waals surface area contributed by atoms with Crippen LogP contribution in [0.5, 0.6) is 0 Å². The van der Waals surface area contributed by atoms with Gasteiger partial charge in [-0.25, -0.2) is 14.0 Å². The maximum atomic E-state index is 13.7. The zero-order valence-electron chi connectivity index (χ0n) is 22.9. The Morgan fingerprint density at radius 3 is 2.25 bits per heavy atom. The predicted octanol–water partition coefficient (Wildman–Crippen LogP) is 1.96. The third kappa shape index (κ3) is 3.93. The highest BCUT2D eigenvalue weighted by Gasteiger charge is 2.66. The second kappa shape index (κ2) is 9.74. The zero-order chi connectivity index (χ0) is 28.5. The van der Waals surface area contributed by atoms with Crippen molar-refractivity contribution in [1.82, 2.24) is 24.9 Å². The molecule has 2 saturated carbocycles. The van der Waals surface area contributed by atoms with Gasteiger partial charge in [0, 0.05) is 32.2 Å². The van der Waals surface area contributed by atoms with Crippen molar-refractivity contribution in [3.8, 4) is 0 Å². The van der Waals surface area contributed by atoms with Crippen LogP contribution in [-0.4, -0.2) is 100 Å². The molecule has 12 heteroatoms. The fourth-order valence-corrected chi connectivity index (χ4v) is 8.46. The summed E-state index contributed by atoms with van der Waals surface area (Å²) in [7, 11) is 2.85. The van der Waals surface area contributed by atoms with Crippen LogP contribution in [0.15, 0.2) is 11.6 Å². The standard InChI is InChI=1S/C28H36FN5O6/c1-31-24(37)28(25(38)32(2)27(31)40)14-16-12-15(5-10-20(16)33-11-3-4-21(28)33)13-19-22(35)30-26(39)34(23(19)36)18-8-6-17(29)7-9-18/h13,15-18,20-21H,3-12,14H2,1-2H3,(H,30,35,39)/b19-13+. The second-order valence-electron chi connectivity index (χ2n) is 12.4. The van der Waals surface area contributed by atoms with Crippen LogP contribution in [0, 0.1) is 17.3 Å². The molecule has 1 N–H and O–H groups in total. The Morgan fingerprint density at radius 2 is 1.57 bits per heavy atom. The van der Waals surface area contributed by atoms with E-state index in [9.17, 15) is 33.2 Å². The highest BCUT2D eigenvalue weighted by Crippen LogP contribution is 2.53.